The molecule has 1 aromatic heterocycles. The molecule has 0 bridgehead atoms. The van der Waals surface area contributed by atoms with Crippen LogP contribution in [0.4, 0.5) is 5.95 Å². The smallest absolute Gasteiger partial charge is 0.201 e. The molecule has 2 N–H and O–H groups in total. The van der Waals surface area contributed by atoms with Crippen LogP contribution in [0, 0.1) is 29.1 Å². The first-order chi connectivity index (χ1) is 9.43. The number of hydrogen-bond acceptors (Lipinski definition) is 3. The predicted molar refractivity (Wildman–Crippen MR) is 82.0 cm³/mol. The van der Waals surface area contributed by atoms with Crippen LogP contribution >= 0.6 is 0 Å². The van der Waals surface area contributed by atoms with E-state index < -0.39 is 0 Å². The third-order valence-electron chi connectivity index (χ3n) is 4.01. The molecule has 0 fully saturated rings. The van der Waals surface area contributed by atoms with Gasteiger partial charge in [-0.15, -0.1) is 0 Å². The maximum absolute atomic E-state index is 9.04. The van der Waals surface area contributed by atoms with Crippen LogP contribution in [0.1, 0.15) is 33.3 Å². The van der Waals surface area contributed by atoms with Gasteiger partial charge in [-0.05, 0) is 36.0 Å². The molecule has 0 saturated carbocycles. The normalized spacial score (nSPS) is 11.7. The summed E-state index contributed by atoms with van der Waals surface area (Å²) in [4.78, 5) is 4.39. The van der Waals surface area contributed by atoms with Crippen molar-refractivity contribution in [2.45, 2.75) is 34.2 Å². The minimum absolute atomic E-state index is 0.528. The fourth-order valence-electron chi connectivity index (χ4n) is 2.81. The molecule has 1 heterocycles. The maximum atomic E-state index is 9.04. The molecule has 0 amide bonds. The number of nitrogens with zero attached hydrogens (tertiary/aromatic N) is 3. The molecule has 0 aliphatic rings. The second-order valence-electron chi connectivity index (χ2n) is 6.05. The number of imidazole rings is 1. The molecule has 0 aliphatic carbocycles. The molecule has 1 aromatic carbocycles. The van der Waals surface area contributed by atoms with Gasteiger partial charge in [-0.2, -0.15) is 5.26 Å². The van der Waals surface area contributed by atoms with Gasteiger partial charge in [-0.3, -0.25) is 0 Å². The van der Waals surface area contributed by atoms with Crippen molar-refractivity contribution in [1.82, 2.24) is 9.55 Å². The Morgan fingerprint density at radius 3 is 2.45 bits per heavy atom. The molecule has 0 unspecified atom stereocenters. The van der Waals surface area contributed by atoms with Crippen LogP contribution in [0.3, 0.4) is 0 Å². The Labute approximate surface area is 120 Å². The fourth-order valence-corrected chi connectivity index (χ4v) is 2.81. The van der Waals surface area contributed by atoms with Crippen LogP contribution in [0.25, 0.3) is 11.0 Å². The van der Waals surface area contributed by atoms with Crippen molar-refractivity contribution in [3.05, 3.63) is 23.8 Å². The zero-order chi connectivity index (χ0) is 14.9. The molecule has 4 nitrogen and oxygen atoms in total. The van der Waals surface area contributed by atoms with Crippen molar-refractivity contribution in [1.29, 1.82) is 5.26 Å². The summed E-state index contributed by atoms with van der Waals surface area (Å²) >= 11 is 0. The lowest BCUT2D eigenvalue weighted by atomic mass is 9.85. The average Bonchev–Trinajstić information content (AvgIpc) is 2.69. The summed E-state index contributed by atoms with van der Waals surface area (Å²) in [7, 11) is 0. The molecule has 4 heteroatoms. The number of aromatic nitrogens is 2. The highest BCUT2D eigenvalue weighted by atomic mass is 15.2. The van der Waals surface area contributed by atoms with Crippen molar-refractivity contribution in [3.8, 4) is 6.07 Å². The van der Waals surface area contributed by atoms with Crippen LogP contribution in [0.2, 0.25) is 0 Å². The van der Waals surface area contributed by atoms with Gasteiger partial charge in [0.2, 0.25) is 5.95 Å². The number of nitriles is 1. The van der Waals surface area contributed by atoms with Gasteiger partial charge in [0.05, 0.1) is 22.7 Å². The fraction of sp³-hybridized carbons (Fsp3) is 0.500. The Morgan fingerprint density at radius 1 is 1.25 bits per heavy atom. The Kier molecular flexibility index (Phi) is 3.99. The van der Waals surface area contributed by atoms with Gasteiger partial charge in [0.25, 0.3) is 0 Å². The van der Waals surface area contributed by atoms with Crippen molar-refractivity contribution in [2.75, 3.05) is 5.73 Å². The van der Waals surface area contributed by atoms with E-state index in [1.807, 2.05) is 16.7 Å². The van der Waals surface area contributed by atoms with Crippen LogP contribution in [-0.2, 0) is 6.54 Å². The van der Waals surface area contributed by atoms with Gasteiger partial charge >= 0.3 is 0 Å². The molecular weight excluding hydrogens is 248 g/mol. The summed E-state index contributed by atoms with van der Waals surface area (Å²) in [5.41, 5.74) is 8.51. The van der Waals surface area contributed by atoms with E-state index in [0.29, 0.717) is 29.3 Å². The topological polar surface area (TPSA) is 67.6 Å². The van der Waals surface area contributed by atoms with Crippen molar-refractivity contribution in [3.63, 3.8) is 0 Å². The van der Waals surface area contributed by atoms with E-state index in [4.69, 9.17) is 11.0 Å². The van der Waals surface area contributed by atoms with Gasteiger partial charge in [0, 0.05) is 6.54 Å². The molecule has 0 radical (unpaired) electrons. The Bertz CT molecular complexity index is 638. The number of anilines is 1. The van der Waals surface area contributed by atoms with Gasteiger partial charge in [-0.25, -0.2) is 4.98 Å². The monoisotopic (exact) mass is 270 g/mol. The van der Waals surface area contributed by atoms with Crippen LogP contribution in [0.5, 0.6) is 0 Å². The van der Waals surface area contributed by atoms with Gasteiger partial charge in [-0.1, -0.05) is 27.7 Å². The van der Waals surface area contributed by atoms with Crippen molar-refractivity contribution < 1.29 is 0 Å². The molecule has 106 valence electrons. The summed E-state index contributed by atoms with van der Waals surface area (Å²) in [5.74, 6) is 2.21. The van der Waals surface area contributed by atoms with E-state index in [9.17, 15) is 0 Å². The molecule has 0 spiro atoms. The van der Waals surface area contributed by atoms with E-state index in [1.165, 1.54) is 0 Å². The summed E-state index contributed by atoms with van der Waals surface area (Å²) in [6, 6.07) is 7.68. The van der Waals surface area contributed by atoms with Crippen molar-refractivity contribution in [2.24, 2.45) is 17.8 Å². The minimum Gasteiger partial charge on any atom is -0.369 e. The highest BCUT2D eigenvalue weighted by molar-refractivity contribution is 5.79. The first-order valence-corrected chi connectivity index (χ1v) is 7.10. The molecule has 2 rings (SSSR count). The lowest BCUT2D eigenvalue weighted by molar-refractivity contribution is 0.255. The highest BCUT2D eigenvalue weighted by Gasteiger charge is 2.20. The zero-order valence-corrected chi connectivity index (χ0v) is 12.6. The Morgan fingerprint density at radius 2 is 1.90 bits per heavy atom. The number of benzene rings is 1. The third kappa shape index (κ3) is 2.62. The summed E-state index contributed by atoms with van der Waals surface area (Å²) in [6.07, 6.45) is 0. The first-order valence-electron chi connectivity index (χ1n) is 7.10. The SMILES string of the molecule is CC(C)C(Cn1c(N)nc2ccc(C#N)cc21)C(C)C. The van der Waals surface area contributed by atoms with Gasteiger partial charge in [0.1, 0.15) is 0 Å². The van der Waals surface area contributed by atoms with E-state index in [-0.39, 0.29) is 0 Å². The lowest BCUT2D eigenvalue weighted by Gasteiger charge is -2.26. The number of nitrogens with two attached hydrogens (primary N) is 1. The summed E-state index contributed by atoms with van der Waals surface area (Å²) in [5, 5.41) is 9.04. The van der Waals surface area contributed by atoms with Crippen molar-refractivity contribution >= 4 is 17.0 Å². The molecule has 20 heavy (non-hydrogen) atoms. The molecule has 0 atom stereocenters. The number of nitrogen functional groups attached to an aromatic ring is 1. The largest absolute Gasteiger partial charge is 0.369 e. The van der Waals surface area contributed by atoms with Gasteiger partial charge < -0.3 is 10.3 Å². The van der Waals surface area contributed by atoms with E-state index >= 15 is 0 Å². The standard InChI is InChI=1S/C16H22N4/c1-10(2)13(11(3)4)9-20-15-7-12(8-17)5-6-14(15)19-16(20)18/h5-7,10-11,13H,9H2,1-4H3,(H2,18,19). The molecular formula is C16H22N4. The maximum Gasteiger partial charge on any atom is 0.201 e. The van der Waals surface area contributed by atoms with E-state index in [1.54, 1.807) is 6.07 Å². The quantitative estimate of drug-likeness (QED) is 0.925. The second-order valence-corrected chi connectivity index (χ2v) is 6.05. The lowest BCUT2D eigenvalue weighted by Crippen LogP contribution is -2.22. The van der Waals surface area contributed by atoms with Crippen LogP contribution < -0.4 is 5.73 Å². The Hall–Kier alpha value is -2.02. The van der Waals surface area contributed by atoms with Crippen LogP contribution in [-0.4, -0.2) is 9.55 Å². The van der Waals surface area contributed by atoms with Crippen LogP contribution in [0.15, 0.2) is 18.2 Å². The number of rotatable bonds is 4. The third-order valence-corrected chi connectivity index (χ3v) is 4.01. The van der Waals surface area contributed by atoms with E-state index in [2.05, 4.69) is 38.7 Å². The average molecular weight is 270 g/mol. The van der Waals surface area contributed by atoms with Gasteiger partial charge in [0.15, 0.2) is 0 Å². The van der Waals surface area contributed by atoms with E-state index in [0.717, 1.165) is 17.6 Å². The highest BCUT2D eigenvalue weighted by Crippen LogP contribution is 2.27. The molecule has 2 aromatic rings. The number of fused-ring (bicyclic) bond motifs is 1. The summed E-state index contributed by atoms with van der Waals surface area (Å²) in [6.45, 7) is 9.79. The minimum atomic E-state index is 0.528. The Balaban J connectivity index is 2.48. The zero-order valence-electron chi connectivity index (χ0n) is 12.6. The second kappa shape index (κ2) is 5.54. The molecule has 0 aliphatic heterocycles. The predicted octanol–water partition coefficient (Wildman–Crippen LogP) is 3.42. The summed E-state index contributed by atoms with van der Waals surface area (Å²) < 4.78 is 2.04. The number of hydrogen-bond donors (Lipinski definition) is 1. The molecule has 0 saturated heterocycles. The first kappa shape index (κ1) is 14.4.